The van der Waals surface area contributed by atoms with E-state index in [1.807, 2.05) is 30.3 Å². The predicted molar refractivity (Wildman–Crippen MR) is 56.7 cm³/mol. The number of aliphatic hydroxyl groups excluding tert-OH is 1. The fraction of sp³-hybridized carbons (Fsp3) is 0.500. The van der Waals surface area contributed by atoms with Gasteiger partial charge in [-0.05, 0) is 11.5 Å². The highest BCUT2D eigenvalue weighted by molar-refractivity contribution is 5.13. The maximum absolute atomic E-state index is 9.46. The monoisotopic (exact) mass is 194 g/mol. The highest BCUT2D eigenvalue weighted by Crippen LogP contribution is 2.08. The van der Waals surface area contributed by atoms with Crippen molar-refractivity contribution in [1.29, 1.82) is 0 Å². The summed E-state index contributed by atoms with van der Waals surface area (Å²) in [6.45, 7) is 4.61. The zero-order chi connectivity index (χ0) is 10.4. The summed E-state index contributed by atoms with van der Waals surface area (Å²) in [7, 11) is 0. The smallest absolute Gasteiger partial charge is 0.155 e. The summed E-state index contributed by atoms with van der Waals surface area (Å²) in [5.74, 6) is 0.459. The zero-order valence-corrected chi connectivity index (χ0v) is 8.81. The first-order valence-corrected chi connectivity index (χ1v) is 5.02. The average Bonchev–Trinajstić information content (AvgIpc) is 2.15. The van der Waals surface area contributed by atoms with Gasteiger partial charge in [0.25, 0.3) is 0 Å². The van der Waals surface area contributed by atoms with Crippen molar-refractivity contribution >= 4 is 0 Å². The van der Waals surface area contributed by atoms with Crippen LogP contribution in [0.4, 0.5) is 0 Å². The molecule has 0 spiro atoms. The second kappa shape index (κ2) is 5.78. The number of ether oxygens (including phenoxy) is 1. The van der Waals surface area contributed by atoms with E-state index in [4.69, 9.17) is 4.74 Å². The molecule has 0 aromatic heterocycles. The largest absolute Gasteiger partial charge is 0.368 e. The molecule has 0 saturated heterocycles. The molecule has 0 radical (unpaired) electrons. The Labute approximate surface area is 85.5 Å². The third kappa shape index (κ3) is 4.40. The van der Waals surface area contributed by atoms with E-state index in [1.165, 1.54) is 0 Å². The Morgan fingerprint density at radius 2 is 1.86 bits per heavy atom. The normalized spacial score (nSPS) is 13.1. The van der Waals surface area contributed by atoms with E-state index in [0.717, 1.165) is 5.56 Å². The highest BCUT2D eigenvalue weighted by Gasteiger charge is 2.06. The van der Waals surface area contributed by atoms with Crippen molar-refractivity contribution in [3.05, 3.63) is 35.9 Å². The molecule has 0 aliphatic rings. The van der Waals surface area contributed by atoms with Gasteiger partial charge in [-0.25, -0.2) is 0 Å². The molecule has 0 heterocycles. The summed E-state index contributed by atoms with van der Waals surface area (Å²) in [4.78, 5) is 0. The minimum Gasteiger partial charge on any atom is -0.368 e. The maximum Gasteiger partial charge on any atom is 0.155 e. The molecule has 1 N–H and O–H groups in total. The van der Waals surface area contributed by atoms with Crippen LogP contribution in [0.2, 0.25) is 0 Å². The molecule has 1 rings (SSSR count). The summed E-state index contributed by atoms with van der Waals surface area (Å²) in [5.41, 5.74) is 1.09. The molecular formula is C12H18O2. The molecule has 14 heavy (non-hydrogen) atoms. The molecule has 1 aromatic rings. The standard InChI is InChI=1S/C12H18O2/c1-10(2)8-12(13)14-9-11-6-4-3-5-7-11/h3-7,10,12-13H,8-9H2,1-2H3. The summed E-state index contributed by atoms with van der Waals surface area (Å²) in [5, 5.41) is 9.46. The predicted octanol–water partition coefficient (Wildman–Crippen LogP) is 2.57. The first-order valence-electron chi connectivity index (χ1n) is 5.02. The lowest BCUT2D eigenvalue weighted by atomic mass is 10.1. The Kier molecular flexibility index (Phi) is 4.63. The van der Waals surface area contributed by atoms with Crippen LogP contribution in [0.15, 0.2) is 30.3 Å². The summed E-state index contributed by atoms with van der Waals surface area (Å²) in [6.07, 6.45) is 0.0440. The molecule has 0 amide bonds. The van der Waals surface area contributed by atoms with Gasteiger partial charge < -0.3 is 9.84 Å². The first kappa shape index (κ1) is 11.2. The Balaban J connectivity index is 2.27. The van der Waals surface area contributed by atoms with Gasteiger partial charge in [0, 0.05) is 6.42 Å². The lowest BCUT2D eigenvalue weighted by molar-refractivity contribution is -0.117. The number of hydrogen-bond donors (Lipinski definition) is 1. The van der Waals surface area contributed by atoms with Crippen molar-refractivity contribution in [3.8, 4) is 0 Å². The fourth-order valence-corrected chi connectivity index (χ4v) is 1.24. The SMILES string of the molecule is CC(C)CC(O)OCc1ccccc1. The average molecular weight is 194 g/mol. The topological polar surface area (TPSA) is 29.5 Å². The van der Waals surface area contributed by atoms with Crippen molar-refractivity contribution in [3.63, 3.8) is 0 Å². The van der Waals surface area contributed by atoms with Crippen LogP contribution in [0.5, 0.6) is 0 Å². The quantitative estimate of drug-likeness (QED) is 0.730. The van der Waals surface area contributed by atoms with Crippen molar-refractivity contribution in [2.45, 2.75) is 33.2 Å². The number of rotatable bonds is 5. The molecule has 2 heteroatoms. The van der Waals surface area contributed by atoms with Crippen LogP contribution in [0, 0.1) is 5.92 Å². The molecule has 0 aliphatic carbocycles. The molecule has 78 valence electrons. The van der Waals surface area contributed by atoms with Crippen molar-refractivity contribution in [2.24, 2.45) is 5.92 Å². The van der Waals surface area contributed by atoms with Crippen LogP contribution >= 0.6 is 0 Å². The second-order valence-corrected chi connectivity index (χ2v) is 3.88. The lowest BCUT2D eigenvalue weighted by Gasteiger charge is -2.13. The molecule has 1 atom stereocenters. The third-order valence-corrected chi connectivity index (χ3v) is 1.96. The lowest BCUT2D eigenvalue weighted by Crippen LogP contribution is -2.14. The van der Waals surface area contributed by atoms with Gasteiger partial charge in [-0.1, -0.05) is 44.2 Å². The van der Waals surface area contributed by atoms with E-state index in [1.54, 1.807) is 0 Å². The molecule has 2 nitrogen and oxygen atoms in total. The Morgan fingerprint density at radius 3 is 2.43 bits per heavy atom. The number of benzene rings is 1. The van der Waals surface area contributed by atoms with Crippen LogP contribution in [-0.4, -0.2) is 11.4 Å². The molecular weight excluding hydrogens is 176 g/mol. The maximum atomic E-state index is 9.46. The molecule has 1 unspecified atom stereocenters. The van der Waals surface area contributed by atoms with E-state index >= 15 is 0 Å². The van der Waals surface area contributed by atoms with E-state index in [-0.39, 0.29) is 0 Å². The Hall–Kier alpha value is -0.860. The van der Waals surface area contributed by atoms with Gasteiger partial charge in [-0.15, -0.1) is 0 Å². The summed E-state index contributed by atoms with van der Waals surface area (Å²) < 4.78 is 5.29. The highest BCUT2D eigenvalue weighted by atomic mass is 16.6. The second-order valence-electron chi connectivity index (χ2n) is 3.88. The van der Waals surface area contributed by atoms with Crippen LogP contribution < -0.4 is 0 Å². The van der Waals surface area contributed by atoms with Crippen molar-refractivity contribution in [2.75, 3.05) is 0 Å². The Morgan fingerprint density at radius 1 is 1.21 bits per heavy atom. The zero-order valence-electron chi connectivity index (χ0n) is 8.81. The van der Waals surface area contributed by atoms with Gasteiger partial charge in [0.1, 0.15) is 0 Å². The molecule has 1 aromatic carbocycles. The van der Waals surface area contributed by atoms with Gasteiger partial charge in [0.2, 0.25) is 0 Å². The molecule has 0 saturated carbocycles. The third-order valence-electron chi connectivity index (χ3n) is 1.96. The van der Waals surface area contributed by atoms with Gasteiger partial charge in [0.15, 0.2) is 6.29 Å². The van der Waals surface area contributed by atoms with E-state index in [2.05, 4.69) is 13.8 Å². The van der Waals surface area contributed by atoms with Crippen LogP contribution in [0.3, 0.4) is 0 Å². The molecule has 0 fully saturated rings. The fourth-order valence-electron chi connectivity index (χ4n) is 1.24. The minimum atomic E-state index is -0.643. The van der Waals surface area contributed by atoms with Crippen LogP contribution in [-0.2, 0) is 11.3 Å². The van der Waals surface area contributed by atoms with Crippen molar-refractivity contribution in [1.82, 2.24) is 0 Å². The van der Waals surface area contributed by atoms with Gasteiger partial charge in [-0.3, -0.25) is 0 Å². The van der Waals surface area contributed by atoms with Gasteiger partial charge >= 0.3 is 0 Å². The van der Waals surface area contributed by atoms with Crippen LogP contribution in [0.25, 0.3) is 0 Å². The number of hydrogen-bond acceptors (Lipinski definition) is 2. The van der Waals surface area contributed by atoms with Gasteiger partial charge in [-0.2, -0.15) is 0 Å². The summed E-state index contributed by atoms with van der Waals surface area (Å²) >= 11 is 0. The van der Waals surface area contributed by atoms with Crippen molar-refractivity contribution < 1.29 is 9.84 Å². The first-order chi connectivity index (χ1) is 6.68. The molecule has 0 bridgehead atoms. The van der Waals surface area contributed by atoms with E-state index in [9.17, 15) is 5.11 Å². The Bertz CT molecular complexity index is 244. The van der Waals surface area contributed by atoms with Gasteiger partial charge in [0.05, 0.1) is 6.61 Å². The minimum absolute atomic E-state index is 0.459. The van der Waals surface area contributed by atoms with E-state index in [0.29, 0.717) is 18.9 Å². The van der Waals surface area contributed by atoms with Crippen LogP contribution in [0.1, 0.15) is 25.8 Å². The molecule has 0 aliphatic heterocycles. The number of aliphatic hydroxyl groups is 1. The van der Waals surface area contributed by atoms with E-state index < -0.39 is 6.29 Å². The summed E-state index contributed by atoms with van der Waals surface area (Å²) in [6, 6.07) is 9.87.